The Bertz CT molecular complexity index is 406. The molecule has 0 saturated heterocycles. The lowest BCUT2D eigenvalue weighted by atomic mass is 10.1. The molecule has 0 aliphatic heterocycles. The molecule has 2 N–H and O–H groups in total. The zero-order valence-corrected chi connectivity index (χ0v) is 10.8. The average molecular weight is 255 g/mol. The number of aromatic hydroxyl groups is 1. The van der Waals surface area contributed by atoms with E-state index < -0.39 is 17.5 Å². The fraction of sp³-hybridized carbons (Fsp3) is 0.462. The molecule has 18 heavy (non-hydrogen) atoms. The normalized spacial score (nSPS) is 11.1. The van der Waals surface area contributed by atoms with E-state index in [1.165, 1.54) is 12.1 Å². The van der Waals surface area contributed by atoms with Gasteiger partial charge in [-0.3, -0.25) is 0 Å². The number of ether oxygens (including phenoxy) is 1. The second-order valence-electron chi connectivity index (χ2n) is 5.00. The van der Waals surface area contributed by atoms with Crippen molar-refractivity contribution in [2.75, 3.05) is 6.54 Å². The molecular weight excluding hydrogens is 237 g/mol. The van der Waals surface area contributed by atoms with Gasteiger partial charge in [0.1, 0.15) is 17.2 Å². The molecule has 1 rings (SSSR count). The maximum absolute atomic E-state index is 13.0. The highest BCUT2D eigenvalue weighted by Crippen LogP contribution is 2.14. The number of amides is 1. The molecule has 1 amide bonds. The number of halogens is 1. The molecule has 0 unspecified atom stereocenters. The Morgan fingerprint density at radius 3 is 2.61 bits per heavy atom. The van der Waals surface area contributed by atoms with E-state index in [9.17, 15) is 14.3 Å². The minimum atomic E-state index is -0.540. The summed E-state index contributed by atoms with van der Waals surface area (Å²) in [6, 6.07) is 3.81. The van der Waals surface area contributed by atoms with Crippen LogP contribution in [0.15, 0.2) is 18.2 Å². The Morgan fingerprint density at radius 1 is 1.39 bits per heavy atom. The highest BCUT2D eigenvalue weighted by Gasteiger charge is 2.15. The maximum Gasteiger partial charge on any atom is 0.407 e. The summed E-state index contributed by atoms with van der Waals surface area (Å²) in [5.74, 6) is -0.621. The molecule has 0 aliphatic rings. The summed E-state index contributed by atoms with van der Waals surface area (Å²) in [5.41, 5.74) is 0.0739. The van der Waals surface area contributed by atoms with Crippen molar-refractivity contribution in [1.29, 1.82) is 0 Å². The molecule has 0 heterocycles. The van der Waals surface area contributed by atoms with Crippen molar-refractivity contribution in [3.63, 3.8) is 0 Å². The van der Waals surface area contributed by atoms with Gasteiger partial charge in [-0.1, -0.05) is 0 Å². The van der Waals surface area contributed by atoms with Crippen LogP contribution in [0, 0.1) is 5.82 Å². The number of rotatable bonds is 3. The number of hydrogen-bond acceptors (Lipinski definition) is 3. The van der Waals surface area contributed by atoms with Gasteiger partial charge in [-0.15, -0.1) is 0 Å². The molecule has 1 aromatic rings. The zero-order valence-electron chi connectivity index (χ0n) is 10.8. The molecule has 0 aliphatic carbocycles. The smallest absolute Gasteiger partial charge is 0.407 e. The highest BCUT2D eigenvalue weighted by molar-refractivity contribution is 5.67. The molecule has 0 spiro atoms. The van der Waals surface area contributed by atoms with E-state index in [0.29, 0.717) is 18.5 Å². The number of carbonyl (C=O) groups is 1. The van der Waals surface area contributed by atoms with Gasteiger partial charge in [-0.2, -0.15) is 0 Å². The van der Waals surface area contributed by atoms with Crippen LogP contribution in [0.2, 0.25) is 0 Å². The van der Waals surface area contributed by atoms with E-state index in [1.54, 1.807) is 20.8 Å². The highest BCUT2D eigenvalue weighted by atomic mass is 19.1. The lowest BCUT2D eigenvalue weighted by molar-refractivity contribution is 0.0528. The van der Waals surface area contributed by atoms with Crippen LogP contribution in [0.1, 0.15) is 26.3 Å². The van der Waals surface area contributed by atoms with Gasteiger partial charge in [0.15, 0.2) is 0 Å². The molecule has 100 valence electrons. The number of alkyl carbamates (subject to hydrolysis) is 1. The fourth-order valence-electron chi connectivity index (χ4n) is 1.40. The van der Waals surface area contributed by atoms with Crippen LogP contribution in [-0.2, 0) is 11.2 Å². The van der Waals surface area contributed by atoms with Gasteiger partial charge in [0.05, 0.1) is 0 Å². The number of carbonyl (C=O) groups excluding carboxylic acids is 1. The first-order valence-electron chi connectivity index (χ1n) is 5.71. The van der Waals surface area contributed by atoms with Gasteiger partial charge >= 0.3 is 6.09 Å². The first-order valence-corrected chi connectivity index (χ1v) is 5.71. The number of benzene rings is 1. The van der Waals surface area contributed by atoms with E-state index in [-0.39, 0.29) is 5.75 Å². The van der Waals surface area contributed by atoms with Gasteiger partial charge < -0.3 is 15.2 Å². The van der Waals surface area contributed by atoms with E-state index >= 15 is 0 Å². The maximum atomic E-state index is 13.0. The van der Waals surface area contributed by atoms with Gasteiger partial charge in [0.25, 0.3) is 0 Å². The number of phenols is 1. The van der Waals surface area contributed by atoms with Crippen LogP contribution in [0.4, 0.5) is 9.18 Å². The van der Waals surface area contributed by atoms with E-state index in [1.807, 2.05) is 0 Å². The number of phenolic OH excluding ortho intramolecular Hbond substituents is 1. The van der Waals surface area contributed by atoms with Crippen molar-refractivity contribution in [2.24, 2.45) is 0 Å². The summed E-state index contributed by atoms with van der Waals surface area (Å²) < 4.78 is 18.0. The van der Waals surface area contributed by atoms with Crippen LogP contribution >= 0.6 is 0 Å². The van der Waals surface area contributed by atoms with Crippen molar-refractivity contribution in [1.82, 2.24) is 5.32 Å². The third-order valence-corrected chi connectivity index (χ3v) is 2.02. The molecule has 0 saturated carbocycles. The molecule has 0 bridgehead atoms. The quantitative estimate of drug-likeness (QED) is 0.872. The topological polar surface area (TPSA) is 58.6 Å². The summed E-state index contributed by atoms with van der Waals surface area (Å²) >= 11 is 0. The van der Waals surface area contributed by atoms with Crippen LogP contribution in [0.25, 0.3) is 0 Å². The minimum Gasteiger partial charge on any atom is -0.508 e. The molecule has 0 radical (unpaired) electrons. The van der Waals surface area contributed by atoms with E-state index in [0.717, 1.165) is 6.07 Å². The first-order chi connectivity index (χ1) is 8.26. The van der Waals surface area contributed by atoms with Crippen LogP contribution in [0.3, 0.4) is 0 Å². The Hall–Kier alpha value is -1.78. The minimum absolute atomic E-state index is 0.123. The van der Waals surface area contributed by atoms with E-state index in [4.69, 9.17) is 4.74 Å². The van der Waals surface area contributed by atoms with Crippen molar-refractivity contribution in [2.45, 2.75) is 32.8 Å². The lowest BCUT2D eigenvalue weighted by Crippen LogP contribution is -2.33. The third-order valence-electron chi connectivity index (χ3n) is 2.02. The van der Waals surface area contributed by atoms with Crippen molar-refractivity contribution in [3.05, 3.63) is 29.6 Å². The Kier molecular flexibility index (Phi) is 4.53. The third kappa shape index (κ3) is 5.52. The lowest BCUT2D eigenvalue weighted by Gasteiger charge is -2.19. The SMILES string of the molecule is CC(C)(C)OC(=O)NCCc1cc(O)cc(F)c1. The standard InChI is InChI=1S/C13H18FNO3/c1-13(2,3)18-12(17)15-5-4-9-6-10(14)8-11(16)7-9/h6-8,16H,4-5H2,1-3H3,(H,15,17). The molecular formula is C13H18FNO3. The first kappa shape index (κ1) is 14.3. The summed E-state index contributed by atoms with van der Waals surface area (Å²) in [7, 11) is 0. The Morgan fingerprint density at radius 2 is 2.06 bits per heavy atom. The van der Waals surface area contributed by atoms with Gasteiger partial charge in [-0.25, -0.2) is 9.18 Å². The van der Waals surface area contributed by atoms with Crippen molar-refractivity contribution < 1.29 is 19.0 Å². The predicted molar refractivity (Wildman–Crippen MR) is 66.0 cm³/mol. The average Bonchev–Trinajstić information content (AvgIpc) is 2.12. The molecule has 0 aromatic heterocycles. The fourth-order valence-corrected chi connectivity index (χ4v) is 1.40. The van der Waals surface area contributed by atoms with Gasteiger partial charge in [-0.05, 0) is 44.9 Å². The Labute approximate surface area is 106 Å². The molecule has 0 atom stereocenters. The van der Waals surface area contributed by atoms with Gasteiger partial charge in [0, 0.05) is 12.6 Å². The summed E-state index contributed by atoms with van der Waals surface area (Å²) in [4.78, 5) is 11.3. The van der Waals surface area contributed by atoms with Crippen molar-refractivity contribution >= 4 is 6.09 Å². The van der Waals surface area contributed by atoms with Crippen LogP contribution in [0.5, 0.6) is 5.75 Å². The monoisotopic (exact) mass is 255 g/mol. The van der Waals surface area contributed by atoms with Crippen LogP contribution < -0.4 is 5.32 Å². The predicted octanol–water partition coefficient (Wildman–Crippen LogP) is 2.60. The number of hydrogen-bond donors (Lipinski definition) is 2. The molecule has 1 aromatic carbocycles. The molecule has 4 nitrogen and oxygen atoms in total. The second kappa shape index (κ2) is 5.71. The summed E-state index contributed by atoms with van der Waals surface area (Å²) in [5, 5.41) is 11.8. The van der Waals surface area contributed by atoms with Crippen molar-refractivity contribution in [3.8, 4) is 5.75 Å². The number of nitrogens with one attached hydrogen (secondary N) is 1. The summed E-state index contributed by atoms with van der Waals surface area (Å²) in [6.45, 7) is 5.64. The Balaban J connectivity index is 2.40. The van der Waals surface area contributed by atoms with E-state index in [2.05, 4.69) is 5.32 Å². The second-order valence-corrected chi connectivity index (χ2v) is 5.00. The van der Waals surface area contributed by atoms with Gasteiger partial charge in [0.2, 0.25) is 0 Å². The van der Waals surface area contributed by atoms with Crippen LogP contribution in [-0.4, -0.2) is 23.3 Å². The summed E-state index contributed by atoms with van der Waals surface area (Å²) in [6.07, 6.45) is -0.0898. The zero-order chi connectivity index (χ0) is 13.8. The molecule has 5 heteroatoms. The molecule has 0 fully saturated rings. The largest absolute Gasteiger partial charge is 0.508 e.